The normalized spacial score (nSPS) is 20.0. The molecule has 1 saturated heterocycles. The van der Waals surface area contributed by atoms with Gasteiger partial charge in [0.25, 0.3) is 5.91 Å². The second-order valence-electron chi connectivity index (χ2n) is 7.91. The first-order valence-corrected chi connectivity index (χ1v) is 10.7. The number of aromatic nitrogens is 1. The van der Waals surface area contributed by atoms with Crippen LogP contribution in [0.5, 0.6) is 0 Å². The van der Waals surface area contributed by atoms with Gasteiger partial charge in [-0.2, -0.15) is 0 Å². The number of anilines is 1. The summed E-state index contributed by atoms with van der Waals surface area (Å²) in [6, 6.07) is 4.31. The molecule has 1 atom stereocenters. The van der Waals surface area contributed by atoms with Gasteiger partial charge >= 0.3 is 0 Å². The minimum Gasteiger partial charge on any atom is -0.356 e. The number of carbonyl (C=O) groups excluding carboxylic acids is 2. The molecule has 1 aromatic heterocycles. The van der Waals surface area contributed by atoms with Crippen LogP contribution in [0.25, 0.3) is 0 Å². The lowest BCUT2D eigenvalue weighted by molar-refractivity contribution is -0.120. The zero-order valence-corrected chi connectivity index (χ0v) is 17.7. The van der Waals surface area contributed by atoms with Gasteiger partial charge in [0, 0.05) is 38.9 Å². The zero-order valence-electron chi connectivity index (χ0n) is 17.7. The van der Waals surface area contributed by atoms with Gasteiger partial charge in [0.05, 0.1) is 5.56 Å². The van der Waals surface area contributed by atoms with Gasteiger partial charge in [0.1, 0.15) is 5.82 Å². The van der Waals surface area contributed by atoms with Crippen molar-refractivity contribution in [3.8, 4) is 0 Å². The van der Waals surface area contributed by atoms with Crippen LogP contribution in [0.15, 0.2) is 18.3 Å². The molecule has 1 unspecified atom stereocenters. The van der Waals surface area contributed by atoms with Crippen LogP contribution in [-0.4, -0.2) is 54.9 Å². The molecule has 0 aromatic carbocycles. The molecule has 1 aromatic rings. The van der Waals surface area contributed by atoms with Crippen molar-refractivity contribution in [1.29, 1.82) is 0 Å². The van der Waals surface area contributed by atoms with Gasteiger partial charge in [0.2, 0.25) is 6.41 Å². The Hall–Kier alpha value is -2.11. The van der Waals surface area contributed by atoms with E-state index in [1.54, 1.807) is 13.2 Å². The molecule has 0 radical (unpaired) electrons. The molecule has 1 N–H and O–H groups in total. The van der Waals surface area contributed by atoms with Crippen LogP contribution in [0, 0.1) is 5.92 Å². The van der Waals surface area contributed by atoms with E-state index in [1.807, 2.05) is 24.0 Å². The third-order valence-corrected chi connectivity index (χ3v) is 5.76. The SMILES string of the molecule is CCN(C=O)C1CCCCC1.CNC(=O)c1ccc(N2CCCC(C)C2)nc1. The zero-order chi connectivity index (χ0) is 20.4. The summed E-state index contributed by atoms with van der Waals surface area (Å²) in [5.74, 6) is 1.62. The topological polar surface area (TPSA) is 65.5 Å². The lowest BCUT2D eigenvalue weighted by atomic mass is 9.94. The molecule has 2 fully saturated rings. The minimum atomic E-state index is -0.0870. The molecular formula is C22H36N4O2. The van der Waals surface area contributed by atoms with Gasteiger partial charge in [-0.3, -0.25) is 9.59 Å². The summed E-state index contributed by atoms with van der Waals surface area (Å²) < 4.78 is 0. The van der Waals surface area contributed by atoms with Crippen LogP contribution in [0.1, 0.15) is 69.2 Å². The van der Waals surface area contributed by atoms with Crippen molar-refractivity contribution in [2.45, 2.75) is 64.8 Å². The van der Waals surface area contributed by atoms with E-state index in [0.29, 0.717) is 11.6 Å². The van der Waals surface area contributed by atoms with Gasteiger partial charge < -0.3 is 15.1 Å². The predicted molar refractivity (Wildman–Crippen MR) is 114 cm³/mol. The number of rotatable bonds is 5. The first-order chi connectivity index (χ1) is 13.6. The van der Waals surface area contributed by atoms with Crippen molar-refractivity contribution in [3.63, 3.8) is 0 Å². The summed E-state index contributed by atoms with van der Waals surface area (Å²) in [7, 11) is 1.63. The second-order valence-corrected chi connectivity index (χ2v) is 7.91. The van der Waals surface area contributed by atoms with Crippen molar-refractivity contribution in [1.82, 2.24) is 15.2 Å². The first-order valence-electron chi connectivity index (χ1n) is 10.7. The Bertz CT molecular complexity index is 599. The number of pyridine rings is 1. The molecule has 1 saturated carbocycles. The van der Waals surface area contributed by atoms with Crippen LogP contribution in [0.4, 0.5) is 5.82 Å². The fraction of sp³-hybridized carbons (Fsp3) is 0.682. The Morgan fingerprint density at radius 3 is 2.54 bits per heavy atom. The Morgan fingerprint density at radius 1 is 1.25 bits per heavy atom. The van der Waals surface area contributed by atoms with Crippen molar-refractivity contribution >= 4 is 18.1 Å². The van der Waals surface area contributed by atoms with Crippen LogP contribution < -0.4 is 10.2 Å². The molecule has 28 heavy (non-hydrogen) atoms. The van der Waals surface area contributed by atoms with Crippen LogP contribution >= 0.6 is 0 Å². The number of nitrogens with one attached hydrogen (secondary N) is 1. The molecule has 2 heterocycles. The van der Waals surface area contributed by atoms with Gasteiger partial charge in [-0.25, -0.2) is 4.98 Å². The standard InChI is InChI=1S/C13H19N3O.C9H17NO/c1-10-4-3-7-16(9-10)12-6-5-11(8-15-12)13(17)14-2;1-2-10(8-11)9-6-4-3-5-7-9/h5-6,8,10H,3-4,7,9H2,1-2H3,(H,14,17);8-9H,2-7H2,1H3. The second kappa shape index (κ2) is 11.7. The first kappa shape index (κ1) is 22.2. The van der Waals surface area contributed by atoms with Crippen molar-refractivity contribution < 1.29 is 9.59 Å². The van der Waals surface area contributed by atoms with E-state index in [-0.39, 0.29) is 5.91 Å². The highest BCUT2D eigenvalue weighted by Gasteiger charge is 2.18. The summed E-state index contributed by atoms with van der Waals surface area (Å²) in [6.07, 6.45) is 11.5. The number of amides is 2. The molecule has 3 rings (SSSR count). The fourth-order valence-corrected chi connectivity index (χ4v) is 4.08. The van der Waals surface area contributed by atoms with E-state index in [4.69, 9.17) is 0 Å². The number of hydrogen-bond acceptors (Lipinski definition) is 4. The smallest absolute Gasteiger partial charge is 0.252 e. The molecule has 2 amide bonds. The number of nitrogens with zero attached hydrogens (tertiary/aromatic N) is 3. The molecule has 1 aliphatic carbocycles. The fourth-order valence-electron chi connectivity index (χ4n) is 4.08. The number of piperidine rings is 1. The lowest BCUT2D eigenvalue weighted by Gasteiger charge is -2.31. The number of hydrogen-bond donors (Lipinski definition) is 1. The largest absolute Gasteiger partial charge is 0.356 e. The molecule has 0 bridgehead atoms. The Kier molecular flexibility index (Phi) is 9.24. The van der Waals surface area contributed by atoms with Gasteiger partial charge in [-0.1, -0.05) is 26.2 Å². The summed E-state index contributed by atoms with van der Waals surface area (Å²) in [4.78, 5) is 30.5. The maximum absolute atomic E-state index is 11.4. The summed E-state index contributed by atoms with van der Waals surface area (Å²) >= 11 is 0. The summed E-state index contributed by atoms with van der Waals surface area (Å²) in [5.41, 5.74) is 0.612. The van der Waals surface area contributed by atoms with E-state index >= 15 is 0 Å². The minimum absolute atomic E-state index is 0.0870. The third-order valence-electron chi connectivity index (χ3n) is 5.76. The van der Waals surface area contributed by atoms with Gasteiger partial charge in [0.15, 0.2) is 0 Å². The Balaban J connectivity index is 0.000000221. The molecular weight excluding hydrogens is 352 g/mol. The third kappa shape index (κ3) is 6.50. The molecule has 6 nitrogen and oxygen atoms in total. The Morgan fingerprint density at radius 2 is 2.00 bits per heavy atom. The van der Waals surface area contributed by atoms with Gasteiger partial charge in [-0.05, 0) is 50.7 Å². The molecule has 156 valence electrons. The van der Waals surface area contributed by atoms with E-state index < -0.39 is 0 Å². The quantitative estimate of drug-likeness (QED) is 0.785. The van der Waals surface area contributed by atoms with Crippen molar-refractivity contribution in [2.24, 2.45) is 5.92 Å². The van der Waals surface area contributed by atoms with E-state index in [2.05, 4.69) is 22.1 Å². The average Bonchev–Trinajstić information content (AvgIpc) is 2.75. The molecule has 6 heteroatoms. The van der Waals surface area contributed by atoms with E-state index in [9.17, 15) is 9.59 Å². The monoisotopic (exact) mass is 388 g/mol. The molecule has 1 aliphatic heterocycles. The average molecular weight is 389 g/mol. The summed E-state index contributed by atoms with van der Waals surface area (Å²) in [6.45, 7) is 7.31. The van der Waals surface area contributed by atoms with Gasteiger partial charge in [-0.15, -0.1) is 0 Å². The maximum Gasteiger partial charge on any atom is 0.252 e. The highest BCUT2D eigenvalue weighted by Crippen LogP contribution is 2.22. The van der Waals surface area contributed by atoms with E-state index in [1.165, 1.54) is 44.9 Å². The Labute approximate surface area is 169 Å². The van der Waals surface area contributed by atoms with Crippen LogP contribution in [-0.2, 0) is 4.79 Å². The predicted octanol–water partition coefficient (Wildman–Crippen LogP) is 3.47. The molecule has 2 aliphatic rings. The lowest BCUT2D eigenvalue weighted by Crippen LogP contribution is -2.35. The van der Waals surface area contributed by atoms with Crippen molar-refractivity contribution in [3.05, 3.63) is 23.9 Å². The maximum atomic E-state index is 11.4. The van der Waals surface area contributed by atoms with Crippen molar-refractivity contribution in [2.75, 3.05) is 31.6 Å². The van der Waals surface area contributed by atoms with Crippen LogP contribution in [0.3, 0.4) is 0 Å². The molecule has 0 spiro atoms. The number of carbonyl (C=O) groups is 2. The van der Waals surface area contributed by atoms with Crippen LogP contribution in [0.2, 0.25) is 0 Å². The highest BCUT2D eigenvalue weighted by molar-refractivity contribution is 5.93. The van der Waals surface area contributed by atoms with E-state index in [0.717, 1.165) is 37.8 Å². The highest BCUT2D eigenvalue weighted by atomic mass is 16.1. The summed E-state index contributed by atoms with van der Waals surface area (Å²) in [5, 5.41) is 2.59.